The minimum Gasteiger partial charge on any atom is -0.324 e. The van der Waals surface area contributed by atoms with Gasteiger partial charge >= 0.3 is 0 Å². The Morgan fingerprint density at radius 2 is 0.222 bits per heavy atom. The first kappa shape index (κ1) is 63.0. The standard InChI is InChI=1S/C62H128N/c1-5-9-13-17-21-25-29-33-36-40-44-48-52-56-60-63(59-55-51-47-43-39-32-28-24-20-16-12-8-4,61-57-53-49-45-41-37-34-30-26-22-18-14-10-6-2)62-58-54-50-46-42-38-35-31-27-23-19-15-11-7-3/h5-62H2,1-4H3/q+1. The summed E-state index contributed by atoms with van der Waals surface area (Å²) < 4.78 is 1.49. The van der Waals surface area contributed by atoms with E-state index in [1.54, 1.807) is 0 Å². The summed E-state index contributed by atoms with van der Waals surface area (Å²) in [7, 11) is 0. The molecule has 1 heteroatoms. The van der Waals surface area contributed by atoms with Crippen LogP contribution < -0.4 is 0 Å². The van der Waals surface area contributed by atoms with E-state index in [2.05, 4.69) is 27.7 Å². The molecule has 0 bridgehead atoms. The summed E-state index contributed by atoms with van der Waals surface area (Å²) in [6.07, 6.45) is 79.7. The molecular formula is C62H128N+. The van der Waals surface area contributed by atoms with Crippen LogP contribution in [0.3, 0.4) is 0 Å². The smallest absolute Gasteiger partial charge is 0.0786 e. The van der Waals surface area contributed by atoms with E-state index in [4.69, 9.17) is 0 Å². The third-order valence-corrected chi connectivity index (χ3v) is 15.4. The first-order chi connectivity index (χ1) is 31.2. The van der Waals surface area contributed by atoms with E-state index < -0.39 is 0 Å². The first-order valence-corrected chi connectivity index (χ1v) is 31.1. The summed E-state index contributed by atoms with van der Waals surface area (Å²) in [6.45, 7) is 15.3. The topological polar surface area (TPSA) is 0 Å². The molecule has 0 rings (SSSR count). The lowest BCUT2D eigenvalue weighted by atomic mass is 10.0. The van der Waals surface area contributed by atoms with Crippen molar-refractivity contribution in [2.75, 3.05) is 26.2 Å². The molecule has 0 saturated heterocycles. The Bertz CT molecular complexity index is 695. The predicted molar refractivity (Wildman–Crippen MR) is 292 cm³/mol. The molecule has 0 atom stereocenters. The van der Waals surface area contributed by atoms with Gasteiger partial charge in [-0.1, -0.05) is 323 Å². The molecule has 1 nitrogen and oxygen atoms in total. The molecule has 0 radical (unpaired) electrons. The maximum absolute atomic E-state index is 2.34. The Labute approximate surface area is 403 Å². The van der Waals surface area contributed by atoms with Crippen LogP contribution in [0, 0.1) is 0 Å². The Balaban J connectivity index is 4.92. The molecule has 0 aromatic carbocycles. The number of rotatable bonds is 58. The van der Waals surface area contributed by atoms with Crippen LogP contribution in [-0.4, -0.2) is 30.7 Å². The van der Waals surface area contributed by atoms with Crippen molar-refractivity contribution in [3.05, 3.63) is 0 Å². The minimum absolute atomic E-state index is 1.37. The molecular weight excluding hydrogens is 759 g/mol. The van der Waals surface area contributed by atoms with Crippen LogP contribution in [0.2, 0.25) is 0 Å². The van der Waals surface area contributed by atoms with Crippen LogP contribution in [0.15, 0.2) is 0 Å². The zero-order chi connectivity index (χ0) is 45.5. The molecule has 0 aliphatic carbocycles. The average Bonchev–Trinajstić information content (AvgIpc) is 3.29. The Morgan fingerprint density at radius 3 is 0.333 bits per heavy atom. The van der Waals surface area contributed by atoms with E-state index in [1.165, 1.54) is 377 Å². The van der Waals surface area contributed by atoms with Gasteiger partial charge in [0.25, 0.3) is 0 Å². The maximum Gasteiger partial charge on any atom is 0.0786 e. The number of quaternary nitrogens is 1. The van der Waals surface area contributed by atoms with Crippen molar-refractivity contribution in [3.63, 3.8) is 0 Å². The highest BCUT2D eigenvalue weighted by atomic mass is 15.3. The number of hydrogen-bond acceptors (Lipinski definition) is 0. The van der Waals surface area contributed by atoms with Gasteiger partial charge in [-0.3, -0.25) is 0 Å². The second kappa shape index (κ2) is 56.3. The summed E-state index contributed by atoms with van der Waals surface area (Å²) in [6, 6.07) is 0. The average molecular weight is 888 g/mol. The lowest BCUT2D eigenvalue weighted by Crippen LogP contribution is -2.50. The highest BCUT2D eigenvalue weighted by molar-refractivity contribution is 4.57. The summed E-state index contributed by atoms with van der Waals surface area (Å²) >= 11 is 0. The fourth-order valence-electron chi connectivity index (χ4n) is 10.9. The quantitative estimate of drug-likeness (QED) is 0.0422. The van der Waals surface area contributed by atoms with Gasteiger partial charge in [-0.05, 0) is 51.4 Å². The molecule has 0 spiro atoms. The van der Waals surface area contributed by atoms with Crippen LogP contribution in [-0.2, 0) is 0 Å². The third kappa shape index (κ3) is 51.2. The van der Waals surface area contributed by atoms with Crippen molar-refractivity contribution in [2.24, 2.45) is 0 Å². The van der Waals surface area contributed by atoms with Gasteiger partial charge in [-0.15, -0.1) is 0 Å². The van der Waals surface area contributed by atoms with Gasteiger partial charge in [0.15, 0.2) is 0 Å². The van der Waals surface area contributed by atoms with Crippen molar-refractivity contribution in [3.8, 4) is 0 Å². The molecule has 0 aliphatic heterocycles. The van der Waals surface area contributed by atoms with Gasteiger partial charge in [0.1, 0.15) is 0 Å². The molecule has 0 aromatic heterocycles. The van der Waals surface area contributed by atoms with E-state index in [9.17, 15) is 0 Å². The Morgan fingerprint density at radius 1 is 0.127 bits per heavy atom. The molecule has 0 N–H and O–H groups in total. The number of hydrogen-bond donors (Lipinski definition) is 0. The van der Waals surface area contributed by atoms with Gasteiger partial charge in [-0.2, -0.15) is 0 Å². The van der Waals surface area contributed by atoms with Gasteiger partial charge in [-0.25, -0.2) is 0 Å². The van der Waals surface area contributed by atoms with E-state index >= 15 is 0 Å². The highest BCUT2D eigenvalue weighted by Gasteiger charge is 2.26. The summed E-state index contributed by atoms with van der Waals surface area (Å²) in [5.74, 6) is 0. The largest absolute Gasteiger partial charge is 0.324 e. The maximum atomic E-state index is 2.34. The molecule has 0 aliphatic rings. The highest BCUT2D eigenvalue weighted by Crippen LogP contribution is 2.23. The van der Waals surface area contributed by atoms with Gasteiger partial charge in [0.2, 0.25) is 0 Å². The molecule has 0 fully saturated rings. The van der Waals surface area contributed by atoms with Crippen molar-refractivity contribution >= 4 is 0 Å². The lowest BCUT2D eigenvalue weighted by molar-refractivity contribution is -0.929. The Kier molecular flexibility index (Phi) is 56.2. The number of unbranched alkanes of at least 4 members (excludes halogenated alkanes) is 50. The van der Waals surface area contributed by atoms with Gasteiger partial charge in [0.05, 0.1) is 26.2 Å². The minimum atomic E-state index is 1.37. The Hall–Kier alpha value is -0.0400. The summed E-state index contributed by atoms with van der Waals surface area (Å²) in [5, 5.41) is 0. The van der Waals surface area contributed by atoms with E-state index in [1.807, 2.05) is 0 Å². The van der Waals surface area contributed by atoms with Crippen molar-refractivity contribution < 1.29 is 4.48 Å². The van der Waals surface area contributed by atoms with Crippen LogP contribution >= 0.6 is 0 Å². The summed E-state index contributed by atoms with van der Waals surface area (Å²) in [4.78, 5) is 0. The van der Waals surface area contributed by atoms with Crippen LogP contribution in [0.1, 0.15) is 374 Å². The molecule has 63 heavy (non-hydrogen) atoms. The second-order valence-corrected chi connectivity index (χ2v) is 21.9. The summed E-state index contributed by atoms with van der Waals surface area (Å²) in [5.41, 5.74) is 0. The van der Waals surface area contributed by atoms with Crippen molar-refractivity contribution in [2.45, 2.75) is 374 Å². The predicted octanol–water partition coefficient (Wildman–Crippen LogP) is 22.9. The van der Waals surface area contributed by atoms with E-state index in [0.29, 0.717) is 0 Å². The van der Waals surface area contributed by atoms with Gasteiger partial charge < -0.3 is 4.48 Å². The van der Waals surface area contributed by atoms with Crippen LogP contribution in [0.4, 0.5) is 0 Å². The fourth-order valence-corrected chi connectivity index (χ4v) is 10.9. The van der Waals surface area contributed by atoms with Crippen LogP contribution in [0.5, 0.6) is 0 Å². The molecule has 0 unspecified atom stereocenters. The monoisotopic (exact) mass is 887 g/mol. The van der Waals surface area contributed by atoms with Gasteiger partial charge in [0, 0.05) is 0 Å². The second-order valence-electron chi connectivity index (χ2n) is 21.9. The fraction of sp³-hybridized carbons (Fsp3) is 1.00. The SMILES string of the molecule is CCCCCCCCCCCCCCCC[N+](CCCCCCCCCCCCCC)(CCCCCCCCCCCCCCCC)CCCCCCCCCCCCCCCC. The van der Waals surface area contributed by atoms with Crippen molar-refractivity contribution in [1.29, 1.82) is 0 Å². The first-order valence-electron chi connectivity index (χ1n) is 31.1. The number of nitrogens with zero attached hydrogens (tertiary/aromatic N) is 1. The molecule has 380 valence electrons. The van der Waals surface area contributed by atoms with Crippen molar-refractivity contribution in [1.82, 2.24) is 0 Å². The van der Waals surface area contributed by atoms with Crippen LogP contribution in [0.25, 0.3) is 0 Å². The normalized spacial score (nSPS) is 12.0. The molecule has 0 heterocycles. The zero-order valence-corrected chi connectivity index (χ0v) is 45.5. The van der Waals surface area contributed by atoms with E-state index in [-0.39, 0.29) is 0 Å². The molecule has 0 amide bonds. The van der Waals surface area contributed by atoms with E-state index in [0.717, 1.165) is 0 Å². The lowest BCUT2D eigenvalue weighted by Gasteiger charge is -2.40. The zero-order valence-electron chi connectivity index (χ0n) is 45.5. The molecule has 0 aromatic rings. The third-order valence-electron chi connectivity index (χ3n) is 15.4. The molecule has 0 saturated carbocycles.